The maximum Gasteiger partial charge on any atom is 0.0675 e. The van der Waals surface area contributed by atoms with E-state index in [4.69, 9.17) is 5.73 Å². The molecule has 0 saturated carbocycles. The van der Waals surface area contributed by atoms with Crippen molar-refractivity contribution < 1.29 is 0 Å². The average Bonchev–Trinajstić information content (AvgIpc) is 2.46. The van der Waals surface area contributed by atoms with E-state index in [9.17, 15) is 0 Å². The normalized spacial score (nSPS) is 12.2. The van der Waals surface area contributed by atoms with Crippen LogP contribution in [0.3, 0.4) is 0 Å². The van der Waals surface area contributed by atoms with Gasteiger partial charge in [-0.1, -0.05) is 52.3 Å². The number of rotatable bonds is 5. The molecule has 2 aromatic carbocycles. The van der Waals surface area contributed by atoms with Gasteiger partial charge < -0.3 is 10.6 Å². The monoisotopic (exact) mass is 318 g/mol. The van der Waals surface area contributed by atoms with E-state index in [1.165, 1.54) is 11.3 Å². The van der Waals surface area contributed by atoms with Gasteiger partial charge in [-0.15, -0.1) is 0 Å². The van der Waals surface area contributed by atoms with Crippen LogP contribution in [0.15, 0.2) is 59.1 Å². The first-order valence-electron chi connectivity index (χ1n) is 6.54. The van der Waals surface area contributed by atoms with Crippen LogP contribution in [-0.2, 0) is 0 Å². The van der Waals surface area contributed by atoms with Crippen molar-refractivity contribution in [1.29, 1.82) is 0 Å². The lowest BCUT2D eigenvalue weighted by Crippen LogP contribution is -2.33. The van der Waals surface area contributed by atoms with E-state index in [0.29, 0.717) is 6.54 Å². The molecule has 0 aliphatic carbocycles. The highest BCUT2D eigenvalue weighted by Crippen LogP contribution is 2.30. The zero-order valence-corrected chi connectivity index (χ0v) is 12.7. The molecule has 0 aromatic heterocycles. The third-order valence-corrected chi connectivity index (χ3v) is 4.01. The summed E-state index contributed by atoms with van der Waals surface area (Å²) in [6.45, 7) is 3.67. The van der Waals surface area contributed by atoms with Crippen LogP contribution in [0.1, 0.15) is 18.5 Å². The highest BCUT2D eigenvalue weighted by atomic mass is 79.9. The zero-order chi connectivity index (χ0) is 13.7. The number of hydrogen-bond acceptors (Lipinski definition) is 2. The van der Waals surface area contributed by atoms with Crippen molar-refractivity contribution in [2.24, 2.45) is 5.73 Å². The van der Waals surface area contributed by atoms with Gasteiger partial charge in [-0.2, -0.15) is 0 Å². The summed E-state index contributed by atoms with van der Waals surface area (Å²) in [5.74, 6) is 0. The topological polar surface area (TPSA) is 29.3 Å². The van der Waals surface area contributed by atoms with Crippen molar-refractivity contribution >= 4 is 21.6 Å². The van der Waals surface area contributed by atoms with Gasteiger partial charge in [-0.05, 0) is 30.7 Å². The molecule has 0 fully saturated rings. The van der Waals surface area contributed by atoms with Crippen LogP contribution in [0.2, 0.25) is 0 Å². The van der Waals surface area contributed by atoms with E-state index in [1.807, 2.05) is 12.1 Å². The Morgan fingerprint density at radius 2 is 1.68 bits per heavy atom. The summed E-state index contributed by atoms with van der Waals surface area (Å²) < 4.78 is 1.11. The van der Waals surface area contributed by atoms with E-state index in [-0.39, 0.29) is 6.04 Å². The molecule has 3 heteroatoms. The quantitative estimate of drug-likeness (QED) is 0.903. The smallest absolute Gasteiger partial charge is 0.0675 e. The highest BCUT2D eigenvalue weighted by molar-refractivity contribution is 9.10. The lowest BCUT2D eigenvalue weighted by Gasteiger charge is -2.33. The van der Waals surface area contributed by atoms with E-state index in [2.05, 4.69) is 70.2 Å². The first-order valence-corrected chi connectivity index (χ1v) is 7.33. The molecule has 0 bridgehead atoms. The molecule has 1 unspecified atom stereocenters. The Bertz CT molecular complexity index is 513. The SMILES string of the molecule is CCN(c1ccccc1)C(CN)c1ccccc1Br. The standard InChI is InChI=1S/C16H19BrN2/c1-2-19(13-8-4-3-5-9-13)16(12-18)14-10-6-7-11-15(14)17/h3-11,16H,2,12,18H2,1H3. The Morgan fingerprint density at radius 3 is 2.26 bits per heavy atom. The second-order valence-corrected chi connectivity index (χ2v) is 5.25. The van der Waals surface area contributed by atoms with Crippen molar-refractivity contribution in [3.63, 3.8) is 0 Å². The van der Waals surface area contributed by atoms with Crippen molar-refractivity contribution in [2.45, 2.75) is 13.0 Å². The number of benzene rings is 2. The molecule has 2 aromatic rings. The van der Waals surface area contributed by atoms with Gasteiger partial charge in [-0.3, -0.25) is 0 Å². The molecule has 0 saturated heterocycles. The molecular formula is C16H19BrN2. The molecular weight excluding hydrogens is 300 g/mol. The Balaban J connectivity index is 2.38. The lowest BCUT2D eigenvalue weighted by molar-refractivity contribution is 0.641. The summed E-state index contributed by atoms with van der Waals surface area (Å²) in [6, 6.07) is 18.9. The summed E-state index contributed by atoms with van der Waals surface area (Å²) in [5, 5.41) is 0. The molecule has 2 nitrogen and oxygen atoms in total. The van der Waals surface area contributed by atoms with Gasteiger partial charge in [0.05, 0.1) is 6.04 Å². The average molecular weight is 319 g/mol. The fourth-order valence-corrected chi connectivity index (χ4v) is 2.92. The van der Waals surface area contributed by atoms with Gasteiger partial charge in [0.25, 0.3) is 0 Å². The Labute approximate surface area is 123 Å². The van der Waals surface area contributed by atoms with E-state index in [0.717, 1.165) is 11.0 Å². The molecule has 19 heavy (non-hydrogen) atoms. The largest absolute Gasteiger partial charge is 0.363 e. The molecule has 1 atom stereocenters. The summed E-state index contributed by atoms with van der Waals surface area (Å²) in [7, 11) is 0. The molecule has 0 radical (unpaired) electrons. The van der Waals surface area contributed by atoms with Crippen molar-refractivity contribution in [2.75, 3.05) is 18.0 Å². The van der Waals surface area contributed by atoms with E-state index in [1.54, 1.807) is 0 Å². The fraction of sp³-hybridized carbons (Fsp3) is 0.250. The van der Waals surface area contributed by atoms with Crippen molar-refractivity contribution in [1.82, 2.24) is 0 Å². The minimum absolute atomic E-state index is 0.183. The lowest BCUT2D eigenvalue weighted by atomic mass is 10.0. The molecule has 100 valence electrons. The Hall–Kier alpha value is -1.32. The zero-order valence-electron chi connectivity index (χ0n) is 11.1. The molecule has 0 heterocycles. The number of para-hydroxylation sites is 1. The van der Waals surface area contributed by atoms with Gasteiger partial charge >= 0.3 is 0 Å². The third kappa shape index (κ3) is 3.17. The van der Waals surface area contributed by atoms with Crippen molar-refractivity contribution in [3.8, 4) is 0 Å². The maximum absolute atomic E-state index is 6.02. The van der Waals surface area contributed by atoms with Crippen LogP contribution in [-0.4, -0.2) is 13.1 Å². The van der Waals surface area contributed by atoms with Gasteiger partial charge in [0.15, 0.2) is 0 Å². The predicted molar refractivity (Wildman–Crippen MR) is 85.4 cm³/mol. The van der Waals surface area contributed by atoms with Crippen LogP contribution >= 0.6 is 15.9 Å². The van der Waals surface area contributed by atoms with Crippen LogP contribution < -0.4 is 10.6 Å². The molecule has 0 aliphatic rings. The molecule has 0 spiro atoms. The predicted octanol–water partition coefficient (Wildman–Crippen LogP) is 3.98. The molecule has 2 N–H and O–H groups in total. The number of halogens is 1. The second kappa shape index (κ2) is 6.73. The summed E-state index contributed by atoms with van der Waals surface area (Å²) in [4.78, 5) is 2.33. The summed E-state index contributed by atoms with van der Waals surface area (Å²) >= 11 is 3.63. The van der Waals surface area contributed by atoms with Gasteiger partial charge in [0, 0.05) is 23.2 Å². The Morgan fingerprint density at radius 1 is 1.05 bits per heavy atom. The van der Waals surface area contributed by atoms with E-state index >= 15 is 0 Å². The second-order valence-electron chi connectivity index (χ2n) is 4.39. The maximum atomic E-state index is 6.02. The van der Waals surface area contributed by atoms with Crippen LogP contribution in [0.25, 0.3) is 0 Å². The van der Waals surface area contributed by atoms with Gasteiger partial charge in [-0.25, -0.2) is 0 Å². The van der Waals surface area contributed by atoms with Crippen LogP contribution in [0, 0.1) is 0 Å². The molecule has 2 rings (SSSR count). The minimum atomic E-state index is 0.183. The van der Waals surface area contributed by atoms with Crippen molar-refractivity contribution in [3.05, 3.63) is 64.6 Å². The summed E-state index contributed by atoms with van der Waals surface area (Å²) in [5.41, 5.74) is 8.46. The van der Waals surface area contributed by atoms with Gasteiger partial charge in [0.2, 0.25) is 0 Å². The summed E-state index contributed by atoms with van der Waals surface area (Å²) in [6.07, 6.45) is 0. The van der Waals surface area contributed by atoms with Crippen LogP contribution in [0.5, 0.6) is 0 Å². The molecule has 0 amide bonds. The number of likely N-dealkylation sites (N-methyl/N-ethyl adjacent to an activating group) is 1. The van der Waals surface area contributed by atoms with E-state index < -0.39 is 0 Å². The fourth-order valence-electron chi connectivity index (χ4n) is 2.37. The minimum Gasteiger partial charge on any atom is -0.363 e. The Kier molecular flexibility index (Phi) is 5.00. The van der Waals surface area contributed by atoms with Gasteiger partial charge in [0.1, 0.15) is 0 Å². The molecule has 0 aliphatic heterocycles. The van der Waals surface area contributed by atoms with Crippen LogP contribution in [0.4, 0.5) is 5.69 Å². The first kappa shape index (κ1) is 14.1. The number of hydrogen-bond donors (Lipinski definition) is 1. The number of nitrogens with zero attached hydrogens (tertiary/aromatic N) is 1. The highest BCUT2D eigenvalue weighted by Gasteiger charge is 2.19. The third-order valence-electron chi connectivity index (χ3n) is 3.29. The number of nitrogens with two attached hydrogens (primary N) is 1. The first-order chi connectivity index (χ1) is 9.27. The number of anilines is 1.